The average molecular weight is 329 g/mol. The molecule has 0 heterocycles. The number of rotatable bonds is 2. The van der Waals surface area contributed by atoms with Crippen molar-refractivity contribution in [2.75, 3.05) is 0 Å². The lowest BCUT2D eigenvalue weighted by Crippen LogP contribution is -2.10. The van der Waals surface area contributed by atoms with Crippen molar-refractivity contribution >= 4 is 21.7 Å². The summed E-state index contributed by atoms with van der Waals surface area (Å²) in [5.41, 5.74) is -0.490. The Morgan fingerprint density at radius 1 is 1.05 bits per heavy atom. The predicted molar refractivity (Wildman–Crippen MR) is 68.6 cm³/mol. The van der Waals surface area contributed by atoms with Crippen LogP contribution >= 0.6 is 15.9 Å². The Hall–Kier alpha value is -1.62. The third-order valence-corrected chi connectivity index (χ3v) is 3.25. The lowest BCUT2D eigenvalue weighted by Gasteiger charge is -2.07. The lowest BCUT2D eigenvalue weighted by atomic mass is 10.00. The molecular formula is C14H8BrF3O. The van der Waals surface area contributed by atoms with Gasteiger partial charge in [-0.2, -0.15) is 0 Å². The van der Waals surface area contributed by atoms with Gasteiger partial charge in [0.05, 0.1) is 15.6 Å². The van der Waals surface area contributed by atoms with Crippen LogP contribution in [0.3, 0.4) is 0 Å². The molecular weight excluding hydrogens is 321 g/mol. The maximum atomic E-state index is 13.8. The maximum Gasteiger partial charge on any atom is 0.201 e. The van der Waals surface area contributed by atoms with E-state index in [0.29, 0.717) is 5.56 Å². The van der Waals surface area contributed by atoms with Gasteiger partial charge in [0.15, 0.2) is 5.82 Å². The van der Waals surface area contributed by atoms with Gasteiger partial charge in [-0.1, -0.05) is 11.6 Å². The van der Waals surface area contributed by atoms with Gasteiger partial charge in [-0.05, 0) is 47.1 Å². The number of ketones is 1. The minimum atomic E-state index is -1.04. The lowest BCUT2D eigenvalue weighted by molar-refractivity contribution is 0.102. The maximum absolute atomic E-state index is 13.8. The molecule has 0 saturated carbocycles. The molecule has 0 aliphatic rings. The first-order valence-corrected chi connectivity index (χ1v) is 6.15. The summed E-state index contributed by atoms with van der Waals surface area (Å²) in [6, 6.07) is 5.93. The molecule has 0 aromatic heterocycles. The molecule has 2 aromatic rings. The van der Waals surface area contributed by atoms with E-state index in [1.165, 1.54) is 12.1 Å². The fourth-order valence-corrected chi connectivity index (χ4v) is 2.01. The van der Waals surface area contributed by atoms with E-state index in [1.54, 1.807) is 6.92 Å². The Kier molecular flexibility index (Phi) is 3.75. The molecule has 0 aliphatic carbocycles. The summed E-state index contributed by atoms with van der Waals surface area (Å²) in [4.78, 5) is 12.1. The second-order valence-electron chi connectivity index (χ2n) is 4.03. The molecule has 5 heteroatoms. The van der Waals surface area contributed by atoms with Crippen LogP contribution in [-0.4, -0.2) is 5.78 Å². The van der Waals surface area contributed by atoms with Crippen LogP contribution in [0.25, 0.3) is 0 Å². The summed E-state index contributed by atoms with van der Waals surface area (Å²) in [5.74, 6) is -3.88. The molecule has 19 heavy (non-hydrogen) atoms. The smallest absolute Gasteiger partial charge is 0.201 e. The molecule has 0 fully saturated rings. The van der Waals surface area contributed by atoms with Gasteiger partial charge in [0, 0.05) is 0 Å². The van der Waals surface area contributed by atoms with Crippen LogP contribution in [0.2, 0.25) is 0 Å². The SMILES string of the molecule is Cc1ccc(F)c(C(=O)c2c(F)ccc(Br)c2F)c1. The second kappa shape index (κ2) is 5.17. The van der Waals surface area contributed by atoms with Crippen LogP contribution in [0.4, 0.5) is 13.2 Å². The number of hydrogen-bond donors (Lipinski definition) is 0. The Balaban J connectivity index is 2.63. The van der Waals surface area contributed by atoms with Crippen LogP contribution < -0.4 is 0 Å². The highest BCUT2D eigenvalue weighted by Crippen LogP contribution is 2.25. The highest BCUT2D eigenvalue weighted by Gasteiger charge is 2.23. The van der Waals surface area contributed by atoms with Crippen molar-refractivity contribution < 1.29 is 18.0 Å². The number of hydrogen-bond acceptors (Lipinski definition) is 1. The van der Waals surface area contributed by atoms with E-state index in [2.05, 4.69) is 15.9 Å². The molecule has 0 bridgehead atoms. The van der Waals surface area contributed by atoms with E-state index in [-0.39, 0.29) is 10.0 Å². The summed E-state index contributed by atoms with van der Waals surface area (Å²) in [6.07, 6.45) is 0. The van der Waals surface area contributed by atoms with E-state index in [9.17, 15) is 18.0 Å². The summed E-state index contributed by atoms with van der Waals surface area (Å²) >= 11 is 2.87. The monoisotopic (exact) mass is 328 g/mol. The third kappa shape index (κ3) is 2.56. The fraction of sp³-hybridized carbons (Fsp3) is 0.0714. The number of halogens is 4. The summed E-state index contributed by atoms with van der Waals surface area (Å²) < 4.78 is 40.9. The van der Waals surface area contributed by atoms with E-state index >= 15 is 0 Å². The van der Waals surface area contributed by atoms with Gasteiger partial charge < -0.3 is 0 Å². The number of aryl methyl sites for hydroxylation is 1. The van der Waals surface area contributed by atoms with Crippen molar-refractivity contribution in [3.8, 4) is 0 Å². The first-order valence-electron chi connectivity index (χ1n) is 5.36. The van der Waals surface area contributed by atoms with Crippen LogP contribution in [-0.2, 0) is 0 Å². The molecule has 0 radical (unpaired) electrons. The van der Waals surface area contributed by atoms with Crippen molar-refractivity contribution in [3.05, 3.63) is 68.9 Å². The van der Waals surface area contributed by atoms with Gasteiger partial charge in [0.25, 0.3) is 0 Å². The zero-order valence-corrected chi connectivity index (χ0v) is 11.4. The Bertz CT molecular complexity index is 668. The van der Waals surface area contributed by atoms with Crippen LogP contribution in [0, 0.1) is 24.4 Å². The first-order chi connectivity index (χ1) is 8.91. The molecule has 0 spiro atoms. The van der Waals surface area contributed by atoms with E-state index in [1.807, 2.05) is 0 Å². The zero-order chi connectivity index (χ0) is 14.2. The number of carbonyl (C=O) groups is 1. The molecule has 0 N–H and O–H groups in total. The first kappa shape index (κ1) is 13.8. The molecule has 98 valence electrons. The quantitative estimate of drug-likeness (QED) is 0.589. The van der Waals surface area contributed by atoms with Gasteiger partial charge in [-0.3, -0.25) is 4.79 Å². The molecule has 0 atom stereocenters. The van der Waals surface area contributed by atoms with Gasteiger partial charge in [-0.15, -0.1) is 0 Å². The molecule has 2 aromatic carbocycles. The van der Waals surface area contributed by atoms with Crippen molar-refractivity contribution in [2.24, 2.45) is 0 Å². The van der Waals surface area contributed by atoms with Crippen LogP contribution in [0.5, 0.6) is 0 Å². The van der Waals surface area contributed by atoms with E-state index in [0.717, 1.165) is 18.2 Å². The number of benzene rings is 2. The second-order valence-corrected chi connectivity index (χ2v) is 4.88. The van der Waals surface area contributed by atoms with Crippen molar-refractivity contribution in [1.82, 2.24) is 0 Å². The minimum Gasteiger partial charge on any atom is -0.288 e. The van der Waals surface area contributed by atoms with Gasteiger partial charge in [0.1, 0.15) is 11.6 Å². The Morgan fingerprint density at radius 2 is 1.68 bits per heavy atom. The summed E-state index contributed by atoms with van der Waals surface area (Å²) in [5, 5.41) is 0. The largest absolute Gasteiger partial charge is 0.288 e. The van der Waals surface area contributed by atoms with Gasteiger partial charge in [0.2, 0.25) is 5.78 Å². The zero-order valence-electron chi connectivity index (χ0n) is 9.81. The summed E-state index contributed by atoms with van der Waals surface area (Å²) in [7, 11) is 0. The van der Waals surface area contributed by atoms with Gasteiger partial charge >= 0.3 is 0 Å². The standard InChI is InChI=1S/C14H8BrF3O/c1-7-2-4-10(16)8(6-7)14(19)12-11(17)5-3-9(15)13(12)18/h2-6H,1H3. The van der Waals surface area contributed by atoms with Crippen LogP contribution in [0.1, 0.15) is 21.5 Å². The van der Waals surface area contributed by atoms with Crippen LogP contribution in [0.15, 0.2) is 34.8 Å². The summed E-state index contributed by atoms with van der Waals surface area (Å²) in [6.45, 7) is 1.66. The van der Waals surface area contributed by atoms with Crippen molar-refractivity contribution in [2.45, 2.75) is 6.92 Å². The molecule has 2 rings (SSSR count). The Morgan fingerprint density at radius 3 is 2.37 bits per heavy atom. The molecule has 0 unspecified atom stereocenters. The predicted octanol–water partition coefficient (Wildman–Crippen LogP) is 4.41. The number of carbonyl (C=O) groups excluding carboxylic acids is 1. The topological polar surface area (TPSA) is 17.1 Å². The van der Waals surface area contributed by atoms with Crippen molar-refractivity contribution in [3.63, 3.8) is 0 Å². The van der Waals surface area contributed by atoms with E-state index in [4.69, 9.17) is 0 Å². The average Bonchev–Trinajstić information content (AvgIpc) is 2.37. The minimum absolute atomic E-state index is 0.0506. The Labute approximate surface area is 116 Å². The van der Waals surface area contributed by atoms with Gasteiger partial charge in [-0.25, -0.2) is 13.2 Å². The van der Waals surface area contributed by atoms with Crippen molar-refractivity contribution in [1.29, 1.82) is 0 Å². The normalized spacial score (nSPS) is 10.6. The third-order valence-electron chi connectivity index (χ3n) is 2.64. The molecule has 0 saturated heterocycles. The molecule has 0 aliphatic heterocycles. The fourth-order valence-electron chi connectivity index (χ4n) is 1.68. The highest BCUT2D eigenvalue weighted by molar-refractivity contribution is 9.10. The highest BCUT2D eigenvalue weighted by atomic mass is 79.9. The molecule has 0 amide bonds. The van der Waals surface area contributed by atoms with E-state index < -0.39 is 28.8 Å². The molecule has 1 nitrogen and oxygen atoms in total.